The molecule has 2 aromatic rings. The molecule has 0 unspecified atom stereocenters. The maximum Gasteiger partial charge on any atom is 0.321 e. The van der Waals surface area contributed by atoms with Crippen molar-refractivity contribution in [1.29, 1.82) is 0 Å². The van der Waals surface area contributed by atoms with Crippen molar-refractivity contribution in [3.63, 3.8) is 0 Å². The SMILES string of the molecule is Cc1nc(CN2CCN(C(=O)Nc3ccccc3)CC2)cs1. The van der Waals surface area contributed by atoms with Gasteiger partial charge in [0.1, 0.15) is 0 Å². The summed E-state index contributed by atoms with van der Waals surface area (Å²) in [5, 5.41) is 6.16. The average Bonchev–Trinajstić information content (AvgIpc) is 2.94. The Morgan fingerprint density at radius 3 is 2.59 bits per heavy atom. The van der Waals surface area contributed by atoms with Crippen molar-refractivity contribution < 1.29 is 4.79 Å². The van der Waals surface area contributed by atoms with Gasteiger partial charge in [-0.05, 0) is 19.1 Å². The van der Waals surface area contributed by atoms with Crippen LogP contribution >= 0.6 is 11.3 Å². The maximum atomic E-state index is 12.2. The fourth-order valence-corrected chi connectivity index (χ4v) is 3.15. The van der Waals surface area contributed by atoms with Crippen LogP contribution in [0.2, 0.25) is 0 Å². The molecule has 3 rings (SSSR count). The molecule has 22 heavy (non-hydrogen) atoms. The van der Waals surface area contributed by atoms with E-state index in [0.29, 0.717) is 0 Å². The normalized spacial score (nSPS) is 15.8. The quantitative estimate of drug-likeness (QED) is 0.947. The largest absolute Gasteiger partial charge is 0.322 e. The van der Waals surface area contributed by atoms with Gasteiger partial charge in [-0.2, -0.15) is 0 Å². The van der Waals surface area contributed by atoms with Gasteiger partial charge in [-0.15, -0.1) is 11.3 Å². The first-order valence-electron chi connectivity index (χ1n) is 7.45. The van der Waals surface area contributed by atoms with Gasteiger partial charge in [-0.3, -0.25) is 4.90 Å². The number of piperazine rings is 1. The molecule has 0 atom stereocenters. The molecule has 0 saturated carbocycles. The molecule has 1 aromatic heterocycles. The van der Waals surface area contributed by atoms with Crippen molar-refractivity contribution in [3.05, 3.63) is 46.4 Å². The van der Waals surface area contributed by atoms with Crippen LogP contribution in [-0.4, -0.2) is 47.0 Å². The van der Waals surface area contributed by atoms with Crippen LogP contribution in [0.15, 0.2) is 35.7 Å². The summed E-state index contributed by atoms with van der Waals surface area (Å²) in [6.45, 7) is 6.18. The number of carbonyl (C=O) groups excluding carboxylic acids is 1. The van der Waals surface area contributed by atoms with Crippen molar-refractivity contribution in [2.75, 3.05) is 31.5 Å². The lowest BCUT2D eigenvalue weighted by atomic mass is 10.3. The first-order valence-corrected chi connectivity index (χ1v) is 8.33. The van der Waals surface area contributed by atoms with E-state index in [0.717, 1.165) is 49.1 Å². The summed E-state index contributed by atoms with van der Waals surface area (Å²) in [5.74, 6) is 0. The Bertz CT molecular complexity index is 620. The monoisotopic (exact) mass is 316 g/mol. The third kappa shape index (κ3) is 3.84. The number of hydrogen-bond donors (Lipinski definition) is 1. The summed E-state index contributed by atoms with van der Waals surface area (Å²) in [6.07, 6.45) is 0. The van der Waals surface area contributed by atoms with E-state index in [4.69, 9.17) is 0 Å². The minimum Gasteiger partial charge on any atom is -0.322 e. The number of aryl methyl sites for hydroxylation is 1. The summed E-state index contributed by atoms with van der Waals surface area (Å²) in [4.78, 5) is 20.9. The van der Waals surface area contributed by atoms with Crippen LogP contribution in [0.25, 0.3) is 0 Å². The number of aromatic nitrogens is 1. The first-order chi connectivity index (χ1) is 10.7. The van der Waals surface area contributed by atoms with Crippen LogP contribution in [0.1, 0.15) is 10.7 Å². The van der Waals surface area contributed by atoms with E-state index in [1.54, 1.807) is 11.3 Å². The van der Waals surface area contributed by atoms with Crippen LogP contribution in [0.3, 0.4) is 0 Å². The number of amides is 2. The third-order valence-electron chi connectivity index (χ3n) is 3.74. The van der Waals surface area contributed by atoms with E-state index < -0.39 is 0 Å². The molecule has 1 aromatic carbocycles. The molecule has 116 valence electrons. The minimum atomic E-state index is -0.0182. The minimum absolute atomic E-state index is 0.0182. The average molecular weight is 316 g/mol. The molecule has 2 amide bonds. The summed E-state index contributed by atoms with van der Waals surface area (Å²) in [7, 11) is 0. The topological polar surface area (TPSA) is 48.5 Å². The van der Waals surface area contributed by atoms with Crippen LogP contribution < -0.4 is 5.32 Å². The zero-order chi connectivity index (χ0) is 15.4. The van der Waals surface area contributed by atoms with E-state index in [9.17, 15) is 4.79 Å². The van der Waals surface area contributed by atoms with E-state index in [-0.39, 0.29) is 6.03 Å². The van der Waals surface area contributed by atoms with E-state index in [1.807, 2.05) is 42.2 Å². The molecule has 0 aliphatic carbocycles. The van der Waals surface area contributed by atoms with Gasteiger partial charge in [-0.1, -0.05) is 18.2 Å². The molecule has 5 nitrogen and oxygen atoms in total. The standard InChI is InChI=1S/C16H20N4OS/c1-13-17-15(12-22-13)11-19-7-9-20(10-8-19)16(21)18-14-5-3-2-4-6-14/h2-6,12H,7-11H2,1H3,(H,18,21). The van der Waals surface area contributed by atoms with Gasteiger partial charge < -0.3 is 10.2 Å². The van der Waals surface area contributed by atoms with Crippen molar-refractivity contribution in [2.24, 2.45) is 0 Å². The van der Waals surface area contributed by atoms with Crippen LogP contribution in [-0.2, 0) is 6.54 Å². The zero-order valence-corrected chi connectivity index (χ0v) is 13.5. The number of thiazole rings is 1. The highest BCUT2D eigenvalue weighted by Gasteiger charge is 2.21. The molecule has 0 spiro atoms. The van der Waals surface area contributed by atoms with E-state index >= 15 is 0 Å². The molecule has 0 bridgehead atoms. The van der Waals surface area contributed by atoms with Crippen molar-refractivity contribution in [2.45, 2.75) is 13.5 Å². The molecular weight excluding hydrogens is 296 g/mol. The van der Waals surface area contributed by atoms with Crippen molar-refractivity contribution in [3.8, 4) is 0 Å². The predicted octanol–water partition coefficient (Wildman–Crippen LogP) is 2.80. The second kappa shape index (κ2) is 6.89. The fourth-order valence-electron chi connectivity index (χ4n) is 2.54. The second-order valence-electron chi connectivity index (χ2n) is 5.42. The van der Waals surface area contributed by atoms with Gasteiger partial charge in [0.05, 0.1) is 10.7 Å². The number of benzene rings is 1. The molecule has 1 aliphatic rings. The molecular formula is C16H20N4OS. The molecule has 1 fully saturated rings. The number of carbonyl (C=O) groups is 1. The molecule has 1 N–H and O–H groups in total. The highest BCUT2D eigenvalue weighted by Crippen LogP contribution is 2.13. The fraction of sp³-hybridized carbons (Fsp3) is 0.375. The summed E-state index contributed by atoms with van der Waals surface area (Å²) >= 11 is 1.69. The number of nitrogens with one attached hydrogen (secondary N) is 1. The summed E-state index contributed by atoms with van der Waals surface area (Å²) in [5.41, 5.74) is 1.97. The van der Waals surface area contributed by atoms with Crippen LogP contribution in [0, 0.1) is 6.92 Å². The van der Waals surface area contributed by atoms with Gasteiger partial charge in [-0.25, -0.2) is 9.78 Å². The van der Waals surface area contributed by atoms with Crippen molar-refractivity contribution >= 4 is 23.1 Å². The zero-order valence-electron chi connectivity index (χ0n) is 12.7. The Hall–Kier alpha value is -1.92. The molecule has 0 radical (unpaired) electrons. The number of urea groups is 1. The van der Waals surface area contributed by atoms with Gasteiger partial charge in [0, 0.05) is 43.8 Å². The molecule has 2 heterocycles. The second-order valence-corrected chi connectivity index (χ2v) is 6.48. The number of hydrogen-bond acceptors (Lipinski definition) is 4. The highest BCUT2D eigenvalue weighted by atomic mass is 32.1. The van der Waals surface area contributed by atoms with E-state index in [2.05, 4.69) is 20.6 Å². The first kappa shape index (κ1) is 15.0. The van der Waals surface area contributed by atoms with Gasteiger partial charge in [0.25, 0.3) is 0 Å². The Labute approximate surface area is 134 Å². The van der Waals surface area contributed by atoms with Gasteiger partial charge >= 0.3 is 6.03 Å². The lowest BCUT2D eigenvalue weighted by Crippen LogP contribution is -2.49. The maximum absolute atomic E-state index is 12.2. The van der Waals surface area contributed by atoms with Crippen molar-refractivity contribution in [1.82, 2.24) is 14.8 Å². The lowest BCUT2D eigenvalue weighted by molar-refractivity contribution is 0.142. The number of rotatable bonds is 3. The highest BCUT2D eigenvalue weighted by molar-refractivity contribution is 7.09. The molecule has 1 aliphatic heterocycles. The number of anilines is 1. The third-order valence-corrected chi connectivity index (χ3v) is 4.56. The predicted molar refractivity (Wildman–Crippen MR) is 89.2 cm³/mol. The molecule has 6 heteroatoms. The lowest BCUT2D eigenvalue weighted by Gasteiger charge is -2.34. The summed E-state index contributed by atoms with van der Waals surface area (Å²) in [6, 6.07) is 9.56. The van der Waals surface area contributed by atoms with Crippen LogP contribution in [0.5, 0.6) is 0 Å². The Morgan fingerprint density at radius 1 is 1.23 bits per heavy atom. The van der Waals surface area contributed by atoms with Gasteiger partial charge in [0.15, 0.2) is 0 Å². The summed E-state index contributed by atoms with van der Waals surface area (Å²) < 4.78 is 0. The smallest absolute Gasteiger partial charge is 0.321 e. The van der Waals surface area contributed by atoms with E-state index in [1.165, 1.54) is 0 Å². The Balaban J connectivity index is 1.48. The Kier molecular flexibility index (Phi) is 4.70. The van der Waals surface area contributed by atoms with Crippen LogP contribution in [0.4, 0.5) is 10.5 Å². The van der Waals surface area contributed by atoms with Gasteiger partial charge in [0.2, 0.25) is 0 Å². The Morgan fingerprint density at radius 2 is 1.95 bits per heavy atom. The number of nitrogens with zero attached hydrogens (tertiary/aromatic N) is 3. The number of para-hydroxylation sites is 1. The molecule has 1 saturated heterocycles.